The molecule has 196 valence electrons. The second-order valence-corrected chi connectivity index (χ2v) is 9.43. The number of aromatic nitrogens is 2. The Hall–Kier alpha value is -3.02. The summed E-state index contributed by atoms with van der Waals surface area (Å²) in [5, 5.41) is 3.02. The predicted octanol–water partition coefficient (Wildman–Crippen LogP) is 6.95. The van der Waals surface area contributed by atoms with Gasteiger partial charge in [-0.15, -0.1) is 0 Å². The topological polar surface area (TPSA) is 65.4 Å². The van der Waals surface area contributed by atoms with Crippen LogP contribution in [0.15, 0.2) is 42.5 Å². The number of carbonyl (C=O) groups is 1. The smallest absolute Gasteiger partial charge is 0.251 e. The molecule has 0 aliphatic carbocycles. The average Bonchev–Trinajstić information content (AvgIpc) is 3.26. The summed E-state index contributed by atoms with van der Waals surface area (Å²) in [5.41, 5.74) is 2.82. The highest BCUT2D eigenvalue weighted by atomic mass is 16.5. The van der Waals surface area contributed by atoms with Gasteiger partial charge in [0.2, 0.25) is 0 Å². The number of imidazole rings is 1. The molecule has 0 atom stereocenters. The second-order valence-electron chi connectivity index (χ2n) is 9.43. The normalized spacial score (nSPS) is 11.1. The third-order valence-electron chi connectivity index (χ3n) is 6.73. The molecule has 0 saturated heterocycles. The van der Waals surface area contributed by atoms with E-state index in [2.05, 4.69) is 35.0 Å². The summed E-state index contributed by atoms with van der Waals surface area (Å²) in [6.07, 6.45) is 13.6. The van der Waals surface area contributed by atoms with Gasteiger partial charge in [-0.25, -0.2) is 4.98 Å². The van der Waals surface area contributed by atoms with Crippen LogP contribution in [0.4, 0.5) is 0 Å². The van der Waals surface area contributed by atoms with Crippen molar-refractivity contribution < 1.29 is 14.3 Å². The largest absolute Gasteiger partial charge is 0.493 e. The Labute approximate surface area is 216 Å². The average molecular weight is 494 g/mol. The van der Waals surface area contributed by atoms with Crippen molar-refractivity contribution in [3.8, 4) is 11.5 Å². The van der Waals surface area contributed by atoms with Crippen LogP contribution in [-0.4, -0.2) is 36.2 Å². The molecule has 0 saturated carbocycles. The van der Waals surface area contributed by atoms with Crippen LogP contribution in [0, 0.1) is 0 Å². The van der Waals surface area contributed by atoms with E-state index in [1.165, 1.54) is 63.3 Å². The minimum Gasteiger partial charge on any atom is -0.493 e. The number of benzene rings is 2. The first-order valence-electron chi connectivity index (χ1n) is 13.6. The molecule has 3 aromatic rings. The van der Waals surface area contributed by atoms with Crippen molar-refractivity contribution in [2.24, 2.45) is 0 Å². The lowest BCUT2D eigenvalue weighted by molar-refractivity contribution is 0.0952. The zero-order chi connectivity index (χ0) is 25.6. The Morgan fingerprint density at radius 3 is 2.28 bits per heavy atom. The van der Waals surface area contributed by atoms with Gasteiger partial charge in [0.25, 0.3) is 5.91 Å². The van der Waals surface area contributed by atoms with Gasteiger partial charge in [0, 0.05) is 25.1 Å². The molecule has 0 radical (unpaired) electrons. The summed E-state index contributed by atoms with van der Waals surface area (Å²) in [6.45, 7) is 3.86. The monoisotopic (exact) mass is 493 g/mol. The van der Waals surface area contributed by atoms with Crippen LogP contribution < -0.4 is 14.8 Å². The van der Waals surface area contributed by atoms with E-state index in [1.807, 2.05) is 6.07 Å². The Morgan fingerprint density at radius 1 is 0.861 bits per heavy atom. The lowest BCUT2D eigenvalue weighted by Gasteiger charge is -2.11. The van der Waals surface area contributed by atoms with Gasteiger partial charge in [0.05, 0.1) is 25.3 Å². The van der Waals surface area contributed by atoms with E-state index in [0.29, 0.717) is 23.6 Å². The lowest BCUT2D eigenvalue weighted by atomic mass is 10.1. The van der Waals surface area contributed by atoms with Gasteiger partial charge >= 0.3 is 0 Å². The van der Waals surface area contributed by atoms with Crippen molar-refractivity contribution in [1.82, 2.24) is 14.9 Å². The Kier molecular flexibility index (Phi) is 11.6. The van der Waals surface area contributed by atoms with E-state index in [9.17, 15) is 4.79 Å². The summed E-state index contributed by atoms with van der Waals surface area (Å²) in [7, 11) is 3.15. The number of hydrogen-bond acceptors (Lipinski definition) is 4. The Bertz CT molecular complexity index is 1080. The van der Waals surface area contributed by atoms with Gasteiger partial charge in [0.15, 0.2) is 11.5 Å². The molecule has 1 heterocycles. The number of aryl methyl sites for hydroxylation is 2. The standard InChI is InChI=1S/C30H43N3O3/c1-4-5-6-7-8-9-10-11-14-22-33-26-17-13-12-16-25(26)32-29(33)18-15-21-31-30(34)24-19-20-27(35-2)28(23-24)36-3/h12-13,16-17,19-20,23H,4-11,14-15,18,21-22H2,1-3H3,(H,31,34). The fourth-order valence-electron chi connectivity index (χ4n) is 4.67. The summed E-state index contributed by atoms with van der Waals surface area (Å²) >= 11 is 0. The number of rotatable bonds is 17. The molecule has 6 nitrogen and oxygen atoms in total. The molecule has 1 N–H and O–H groups in total. The molecule has 1 aromatic heterocycles. The molecular formula is C30H43N3O3. The van der Waals surface area contributed by atoms with Gasteiger partial charge in [0.1, 0.15) is 5.82 Å². The third kappa shape index (κ3) is 8.00. The van der Waals surface area contributed by atoms with Crippen LogP contribution >= 0.6 is 0 Å². The lowest BCUT2D eigenvalue weighted by Crippen LogP contribution is -2.25. The number of nitrogens with zero attached hydrogens (tertiary/aromatic N) is 2. The molecule has 0 fully saturated rings. The van der Waals surface area contributed by atoms with E-state index in [4.69, 9.17) is 14.5 Å². The van der Waals surface area contributed by atoms with Crippen molar-refractivity contribution in [2.45, 2.75) is 84.1 Å². The second kappa shape index (κ2) is 15.2. The van der Waals surface area contributed by atoms with E-state index in [1.54, 1.807) is 32.4 Å². The van der Waals surface area contributed by atoms with Crippen molar-refractivity contribution >= 4 is 16.9 Å². The Balaban J connectivity index is 1.47. The number of unbranched alkanes of at least 4 members (excludes halogenated alkanes) is 8. The van der Waals surface area contributed by atoms with Crippen molar-refractivity contribution in [2.75, 3.05) is 20.8 Å². The van der Waals surface area contributed by atoms with Crippen LogP contribution in [0.3, 0.4) is 0 Å². The van der Waals surface area contributed by atoms with Crippen LogP contribution in [-0.2, 0) is 13.0 Å². The van der Waals surface area contributed by atoms with Gasteiger partial charge < -0.3 is 19.4 Å². The minimum absolute atomic E-state index is 0.112. The van der Waals surface area contributed by atoms with Gasteiger partial charge in [-0.1, -0.05) is 70.4 Å². The van der Waals surface area contributed by atoms with Crippen LogP contribution in [0.25, 0.3) is 11.0 Å². The highest BCUT2D eigenvalue weighted by Crippen LogP contribution is 2.27. The quantitative estimate of drug-likeness (QED) is 0.207. The van der Waals surface area contributed by atoms with Crippen molar-refractivity contribution in [1.29, 1.82) is 0 Å². The van der Waals surface area contributed by atoms with Crippen molar-refractivity contribution in [3.63, 3.8) is 0 Å². The molecule has 0 aliphatic heterocycles. The van der Waals surface area contributed by atoms with Crippen molar-refractivity contribution in [3.05, 3.63) is 53.9 Å². The van der Waals surface area contributed by atoms with Gasteiger partial charge in [-0.05, 0) is 43.2 Å². The number of methoxy groups -OCH3 is 2. The highest BCUT2D eigenvalue weighted by Gasteiger charge is 2.12. The van der Waals surface area contributed by atoms with Crippen LogP contribution in [0.2, 0.25) is 0 Å². The maximum Gasteiger partial charge on any atom is 0.251 e. The first-order chi connectivity index (χ1) is 17.7. The predicted molar refractivity (Wildman–Crippen MR) is 147 cm³/mol. The maximum absolute atomic E-state index is 12.6. The number of nitrogens with one attached hydrogen (secondary N) is 1. The third-order valence-corrected chi connectivity index (χ3v) is 6.73. The maximum atomic E-state index is 12.6. The molecule has 0 bridgehead atoms. The molecule has 1 amide bonds. The van der Waals surface area contributed by atoms with Gasteiger partial charge in [-0.2, -0.15) is 0 Å². The highest BCUT2D eigenvalue weighted by molar-refractivity contribution is 5.94. The molecule has 0 spiro atoms. The molecule has 2 aromatic carbocycles. The van der Waals surface area contributed by atoms with Crippen LogP contribution in [0.1, 0.15) is 87.3 Å². The molecule has 6 heteroatoms. The number of fused-ring (bicyclic) bond motifs is 1. The summed E-state index contributed by atoms with van der Waals surface area (Å²) in [6, 6.07) is 13.6. The number of para-hydroxylation sites is 2. The molecule has 0 aliphatic rings. The fourth-order valence-corrected chi connectivity index (χ4v) is 4.67. The molecule has 36 heavy (non-hydrogen) atoms. The summed E-state index contributed by atoms with van der Waals surface area (Å²) < 4.78 is 12.9. The van der Waals surface area contributed by atoms with Gasteiger partial charge in [-0.3, -0.25) is 4.79 Å². The number of hydrogen-bond donors (Lipinski definition) is 1. The number of amides is 1. The molecule has 0 unspecified atom stereocenters. The van der Waals surface area contributed by atoms with E-state index < -0.39 is 0 Å². The number of ether oxygens (including phenoxy) is 2. The number of carbonyl (C=O) groups excluding carboxylic acids is 1. The first-order valence-corrected chi connectivity index (χ1v) is 13.6. The zero-order valence-electron chi connectivity index (χ0n) is 22.4. The molecule has 3 rings (SSSR count). The zero-order valence-corrected chi connectivity index (χ0v) is 22.4. The van der Waals surface area contributed by atoms with E-state index in [0.717, 1.165) is 30.7 Å². The fraction of sp³-hybridized carbons (Fsp3) is 0.533. The van der Waals surface area contributed by atoms with E-state index in [-0.39, 0.29) is 5.91 Å². The summed E-state index contributed by atoms with van der Waals surface area (Å²) in [4.78, 5) is 17.5. The Morgan fingerprint density at radius 2 is 1.56 bits per heavy atom. The summed E-state index contributed by atoms with van der Waals surface area (Å²) in [5.74, 6) is 2.16. The SMILES string of the molecule is CCCCCCCCCCCn1c(CCCNC(=O)c2ccc(OC)c(OC)c2)nc2ccccc21. The minimum atomic E-state index is -0.112. The van der Waals surface area contributed by atoms with Crippen LogP contribution in [0.5, 0.6) is 11.5 Å². The van der Waals surface area contributed by atoms with E-state index >= 15 is 0 Å². The first kappa shape index (κ1) is 27.6. The molecular weight excluding hydrogens is 450 g/mol.